The number of unbranched alkanes of at least 4 members (excludes halogenated alkanes) is 19. The molecule has 0 aromatic rings. The summed E-state index contributed by atoms with van der Waals surface area (Å²) in [6, 6.07) is 0.742. The number of carbonyl (C=O) groups excluding carboxylic acids is 2. The van der Waals surface area contributed by atoms with Gasteiger partial charge in [-0.1, -0.05) is 146 Å². The second-order valence-electron chi connectivity index (χ2n) is 19.2. The van der Waals surface area contributed by atoms with Crippen molar-refractivity contribution in [2.24, 2.45) is 5.92 Å². The molecular weight excluding hydrogens is 805 g/mol. The summed E-state index contributed by atoms with van der Waals surface area (Å²) in [4.78, 5) is 27.4. The Hall–Kier alpha value is -2.22. The fraction of sp³-hybridized carbons (Fsp3) is 0.828. The molecule has 0 bridgehead atoms. The molecule has 378 valence electrons. The summed E-state index contributed by atoms with van der Waals surface area (Å²) >= 11 is 0. The summed E-state index contributed by atoms with van der Waals surface area (Å²) in [7, 11) is 0. The fourth-order valence-corrected chi connectivity index (χ4v) is 9.00. The van der Waals surface area contributed by atoms with Crippen molar-refractivity contribution < 1.29 is 24.2 Å². The number of aliphatic hydroxyl groups excluding tert-OH is 1. The molecule has 1 aliphatic heterocycles. The highest BCUT2D eigenvalue weighted by Crippen LogP contribution is 2.21. The number of aliphatic hydroxyl groups is 1. The van der Waals surface area contributed by atoms with E-state index in [9.17, 15) is 14.7 Å². The molecule has 1 aliphatic rings. The number of allylic oxidation sites excluding steroid dienone is 8. The van der Waals surface area contributed by atoms with Crippen molar-refractivity contribution in [3.05, 3.63) is 48.6 Å². The van der Waals surface area contributed by atoms with Crippen molar-refractivity contribution in [3.63, 3.8) is 0 Å². The van der Waals surface area contributed by atoms with E-state index in [2.05, 4.69) is 79.6 Å². The van der Waals surface area contributed by atoms with Crippen LogP contribution in [0.15, 0.2) is 48.6 Å². The molecule has 1 rings (SSSR count). The number of esters is 2. The number of nitrogens with zero attached hydrogens (tertiary/aromatic N) is 1. The first-order valence-corrected chi connectivity index (χ1v) is 28.1. The maximum Gasteiger partial charge on any atom is 0.305 e. The van der Waals surface area contributed by atoms with Crippen LogP contribution in [-0.4, -0.2) is 73.5 Å². The van der Waals surface area contributed by atoms with Gasteiger partial charge in [-0.05, 0) is 167 Å². The number of carbonyl (C=O) groups is 2. The summed E-state index contributed by atoms with van der Waals surface area (Å²) in [6.45, 7) is 11.9. The highest BCUT2D eigenvalue weighted by molar-refractivity contribution is 5.69. The lowest BCUT2D eigenvalue weighted by Crippen LogP contribution is -2.40. The normalized spacial score (nSPS) is 15.8. The highest BCUT2D eigenvalue weighted by Gasteiger charge is 2.21. The van der Waals surface area contributed by atoms with Crippen molar-refractivity contribution in [2.75, 3.05) is 39.4 Å². The lowest BCUT2D eigenvalue weighted by molar-refractivity contribution is -0.144. The maximum absolute atomic E-state index is 12.4. The smallest absolute Gasteiger partial charge is 0.305 e. The van der Waals surface area contributed by atoms with Crippen LogP contribution in [0.1, 0.15) is 252 Å². The average Bonchev–Trinajstić information content (AvgIpc) is 3.31. The average molecular weight is 911 g/mol. The molecule has 1 fully saturated rings. The fourth-order valence-electron chi connectivity index (χ4n) is 9.00. The van der Waals surface area contributed by atoms with E-state index in [-0.39, 0.29) is 24.0 Å². The number of rotatable bonds is 47. The SMILES string of the molecule is CCCCC/C=C\C/C=C\CCCCCCCC(=O)OCCCCCC(O)C(CCCCOC(=O)CCCCCCC/C=C\C/C=C\CCCCC)CNCCCN1CCCCC1CC. The van der Waals surface area contributed by atoms with Gasteiger partial charge in [0.1, 0.15) is 0 Å². The van der Waals surface area contributed by atoms with Crippen LogP contribution < -0.4 is 5.32 Å². The Morgan fingerprint density at radius 2 is 1.05 bits per heavy atom. The van der Waals surface area contributed by atoms with Gasteiger partial charge in [0.05, 0.1) is 19.3 Å². The van der Waals surface area contributed by atoms with Crippen LogP contribution in [0, 0.1) is 5.92 Å². The number of hydrogen-bond acceptors (Lipinski definition) is 7. The van der Waals surface area contributed by atoms with Gasteiger partial charge < -0.3 is 24.8 Å². The molecule has 2 N–H and O–H groups in total. The first-order chi connectivity index (χ1) is 32.0. The summed E-state index contributed by atoms with van der Waals surface area (Å²) in [5, 5.41) is 15.0. The summed E-state index contributed by atoms with van der Waals surface area (Å²) in [6.07, 6.45) is 57.6. The van der Waals surface area contributed by atoms with Gasteiger partial charge in [0.15, 0.2) is 0 Å². The molecule has 1 heterocycles. The van der Waals surface area contributed by atoms with Crippen LogP contribution in [0.3, 0.4) is 0 Å². The van der Waals surface area contributed by atoms with E-state index < -0.39 is 0 Å². The van der Waals surface area contributed by atoms with E-state index in [1.54, 1.807) is 0 Å². The van der Waals surface area contributed by atoms with Gasteiger partial charge in [0.2, 0.25) is 0 Å². The lowest BCUT2D eigenvalue weighted by Gasteiger charge is -2.35. The van der Waals surface area contributed by atoms with Crippen LogP contribution in [0.2, 0.25) is 0 Å². The van der Waals surface area contributed by atoms with Crippen LogP contribution >= 0.6 is 0 Å². The van der Waals surface area contributed by atoms with E-state index in [1.807, 2.05) is 0 Å². The highest BCUT2D eigenvalue weighted by atomic mass is 16.5. The zero-order valence-corrected chi connectivity index (χ0v) is 43.1. The molecule has 7 heteroatoms. The van der Waals surface area contributed by atoms with Gasteiger partial charge in [-0.3, -0.25) is 9.59 Å². The zero-order valence-electron chi connectivity index (χ0n) is 43.1. The molecule has 0 aliphatic carbocycles. The number of piperidine rings is 1. The van der Waals surface area contributed by atoms with Gasteiger partial charge in [0, 0.05) is 25.4 Å². The quantitative estimate of drug-likeness (QED) is 0.0357. The molecule has 0 aromatic carbocycles. The molecule has 65 heavy (non-hydrogen) atoms. The van der Waals surface area contributed by atoms with Gasteiger partial charge >= 0.3 is 11.9 Å². The van der Waals surface area contributed by atoms with Crippen LogP contribution in [0.25, 0.3) is 0 Å². The van der Waals surface area contributed by atoms with Crippen LogP contribution in [-0.2, 0) is 19.1 Å². The van der Waals surface area contributed by atoms with E-state index in [1.165, 1.54) is 122 Å². The third kappa shape index (κ3) is 40.6. The Kier molecular flexibility index (Phi) is 45.1. The minimum absolute atomic E-state index is 0.0693. The number of likely N-dealkylation sites (tertiary alicyclic amines) is 1. The summed E-state index contributed by atoms with van der Waals surface area (Å²) in [5.74, 6) is 0.0399. The third-order valence-electron chi connectivity index (χ3n) is 13.3. The largest absolute Gasteiger partial charge is 0.466 e. The van der Waals surface area contributed by atoms with E-state index >= 15 is 0 Å². The van der Waals surface area contributed by atoms with Crippen LogP contribution in [0.5, 0.6) is 0 Å². The lowest BCUT2D eigenvalue weighted by atomic mass is 9.92. The molecular formula is C58H106N2O5. The van der Waals surface area contributed by atoms with Gasteiger partial charge in [-0.25, -0.2) is 0 Å². The first-order valence-electron chi connectivity index (χ1n) is 28.1. The molecule has 0 amide bonds. The predicted octanol–water partition coefficient (Wildman–Crippen LogP) is 15.7. The number of hydrogen-bond donors (Lipinski definition) is 2. The molecule has 0 spiro atoms. The van der Waals surface area contributed by atoms with E-state index in [0.717, 1.165) is 128 Å². The Morgan fingerprint density at radius 1 is 0.569 bits per heavy atom. The zero-order chi connectivity index (χ0) is 46.9. The maximum atomic E-state index is 12.4. The monoisotopic (exact) mass is 911 g/mol. The minimum Gasteiger partial charge on any atom is -0.466 e. The Morgan fingerprint density at radius 3 is 1.58 bits per heavy atom. The molecule has 3 atom stereocenters. The predicted molar refractivity (Wildman–Crippen MR) is 279 cm³/mol. The second kappa shape index (κ2) is 48.2. The first kappa shape index (κ1) is 60.8. The Bertz CT molecular complexity index is 1170. The molecule has 7 nitrogen and oxygen atoms in total. The third-order valence-corrected chi connectivity index (χ3v) is 13.3. The van der Waals surface area contributed by atoms with E-state index in [0.29, 0.717) is 26.1 Å². The Balaban J connectivity index is 2.22. The number of ether oxygens (including phenoxy) is 2. The molecule has 3 unspecified atom stereocenters. The van der Waals surface area contributed by atoms with Crippen molar-refractivity contribution in [3.8, 4) is 0 Å². The van der Waals surface area contributed by atoms with Crippen molar-refractivity contribution >= 4 is 11.9 Å². The molecule has 0 saturated carbocycles. The van der Waals surface area contributed by atoms with Crippen molar-refractivity contribution in [2.45, 2.75) is 264 Å². The summed E-state index contributed by atoms with van der Waals surface area (Å²) < 4.78 is 11.1. The van der Waals surface area contributed by atoms with Crippen LogP contribution in [0.4, 0.5) is 0 Å². The Labute approximate surface area is 402 Å². The molecule has 0 aromatic heterocycles. The number of nitrogens with one attached hydrogen (secondary N) is 1. The second-order valence-corrected chi connectivity index (χ2v) is 19.2. The van der Waals surface area contributed by atoms with E-state index in [4.69, 9.17) is 9.47 Å². The molecule has 0 radical (unpaired) electrons. The van der Waals surface area contributed by atoms with Crippen molar-refractivity contribution in [1.29, 1.82) is 0 Å². The molecule has 1 saturated heterocycles. The van der Waals surface area contributed by atoms with Gasteiger partial charge in [-0.15, -0.1) is 0 Å². The summed E-state index contributed by atoms with van der Waals surface area (Å²) in [5.41, 5.74) is 0. The van der Waals surface area contributed by atoms with Gasteiger partial charge in [0.25, 0.3) is 0 Å². The van der Waals surface area contributed by atoms with Crippen molar-refractivity contribution in [1.82, 2.24) is 10.2 Å². The topological polar surface area (TPSA) is 88.1 Å². The minimum atomic E-state index is -0.365. The van der Waals surface area contributed by atoms with Gasteiger partial charge in [-0.2, -0.15) is 0 Å². The standard InChI is InChI=1S/C58H106N2O5/c1-4-7-9-11-13-15-17-19-21-23-25-27-29-31-35-46-57(62)64-51-40-33-34-45-56(61)54(53-59-48-42-50-60-49-39-37-44-55(60)6-3)43-38-41-52-65-58(63)47-36-32-30-28-26-24-22-20-18-16-14-12-10-8-5-2/h13-16,19-22,54-56,59,61H,4-12,17-18,23-53H2,1-3H3/b15-13-,16-14-,21-19-,22-20-.